The van der Waals surface area contributed by atoms with Crippen LogP contribution in [0.3, 0.4) is 0 Å². The molecule has 0 radical (unpaired) electrons. The zero-order valence-corrected chi connectivity index (χ0v) is 28.0. The number of aliphatic hydroxyl groups excluding tert-OH is 2. The highest BCUT2D eigenvalue weighted by atomic mass is 16.3. The first kappa shape index (κ1) is 35.3. The van der Waals surface area contributed by atoms with E-state index in [0.717, 1.165) is 25.7 Å². The van der Waals surface area contributed by atoms with Gasteiger partial charge in [-0.25, -0.2) is 0 Å². The van der Waals surface area contributed by atoms with Gasteiger partial charge >= 0.3 is 0 Å². The van der Waals surface area contributed by atoms with Gasteiger partial charge in [-0.15, -0.1) is 0 Å². The molecule has 0 amide bonds. The molecule has 2 aliphatic rings. The molecule has 0 spiro atoms. The quantitative estimate of drug-likeness (QED) is 0.257. The molecule has 228 valence electrons. The van der Waals surface area contributed by atoms with E-state index < -0.39 is 0 Å². The minimum Gasteiger partial charge on any atom is -0.393 e. The van der Waals surface area contributed by atoms with Crippen molar-refractivity contribution in [2.24, 2.45) is 10.8 Å². The van der Waals surface area contributed by atoms with E-state index in [9.17, 15) is 10.2 Å². The first-order valence-corrected chi connectivity index (χ1v) is 15.5. The lowest BCUT2D eigenvalue weighted by atomic mass is 9.71. The lowest BCUT2D eigenvalue weighted by molar-refractivity contribution is 0.116. The monoisotopic (exact) mass is 568 g/mol. The van der Waals surface area contributed by atoms with Crippen molar-refractivity contribution >= 4 is 0 Å². The van der Waals surface area contributed by atoms with Gasteiger partial charge in [-0.3, -0.25) is 0 Å². The van der Waals surface area contributed by atoms with Crippen molar-refractivity contribution in [3.63, 3.8) is 0 Å². The van der Waals surface area contributed by atoms with E-state index in [2.05, 4.69) is 154 Å². The molecule has 2 atom stereocenters. The predicted molar refractivity (Wildman–Crippen MR) is 184 cm³/mol. The molecule has 2 rings (SSSR count). The van der Waals surface area contributed by atoms with Gasteiger partial charge in [0.25, 0.3) is 0 Å². The van der Waals surface area contributed by atoms with Gasteiger partial charge in [-0.2, -0.15) is 0 Å². The average Bonchev–Trinajstić information content (AvgIpc) is 2.84. The van der Waals surface area contributed by atoms with Gasteiger partial charge < -0.3 is 10.2 Å². The van der Waals surface area contributed by atoms with Crippen LogP contribution >= 0.6 is 0 Å². The van der Waals surface area contributed by atoms with Crippen LogP contribution in [0.1, 0.15) is 94.9 Å². The molecule has 0 aliphatic heterocycles. The summed E-state index contributed by atoms with van der Waals surface area (Å²) < 4.78 is 0. The van der Waals surface area contributed by atoms with Gasteiger partial charge in [-0.1, -0.05) is 146 Å². The van der Waals surface area contributed by atoms with E-state index in [0.29, 0.717) is 0 Å². The van der Waals surface area contributed by atoms with E-state index in [1.54, 1.807) is 0 Å². The van der Waals surface area contributed by atoms with Gasteiger partial charge in [-0.05, 0) is 89.2 Å². The van der Waals surface area contributed by atoms with Crippen LogP contribution < -0.4 is 0 Å². The molecule has 2 heteroatoms. The van der Waals surface area contributed by atoms with E-state index in [1.807, 2.05) is 0 Å². The fourth-order valence-corrected chi connectivity index (χ4v) is 6.13. The summed E-state index contributed by atoms with van der Waals surface area (Å²) in [5.74, 6) is 0. The normalized spacial score (nSPS) is 25.0. The topological polar surface area (TPSA) is 40.5 Å². The number of aliphatic hydroxyl groups is 2. The maximum atomic E-state index is 10.1. The Morgan fingerprint density at radius 3 is 1.19 bits per heavy atom. The van der Waals surface area contributed by atoms with Gasteiger partial charge in [0.15, 0.2) is 0 Å². The van der Waals surface area contributed by atoms with Crippen molar-refractivity contribution in [3.05, 3.63) is 130 Å². The Morgan fingerprint density at radius 2 is 0.857 bits per heavy atom. The van der Waals surface area contributed by atoms with Crippen molar-refractivity contribution in [1.82, 2.24) is 0 Å². The predicted octanol–water partition coefficient (Wildman–Crippen LogP) is 10.5. The van der Waals surface area contributed by atoms with E-state index in [1.165, 1.54) is 44.6 Å². The Labute approximate surface area is 257 Å². The van der Waals surface area contributed by atoms with Gasteiger partial charge in [0.2, 0.25) is 0 Å². The highest BCUT2D eigenvalue weighted by molar-refractivity contribution is 5.39. The number of allylic oxidation sites excluding steroid dienone is 20. The van der Waals surface area contributed by atoms with Crippen LogP contribution in [-0.4, -0.2) is 22.4 Å². The lowest BCUT2D eigenvalue weighted by Gasteiger charge is -2.35. The van der Waals surface area contributed by atoms with Crippen molar-refractivity contribution < 1.29 is 10.2 Å². The van der Waals surface area contributed by atoms with E-state index in [4.69, 9.17) is 0 Å². The SMILES string of the molecule is CC1=C(\C=C/C(C)=C/C=C/C(C)=C/C=C/C=C(C)/C=C/C=C(C)/C=C\C2=C(C)C[C@@H](O)CC2(C)C)C(C)(C)C[C@H](O)C1. The largest absolute Gasteiger partial charge is 0.393 e. The highest BCUT2D eigenvalue weighted by Gasteiger charge is 2.32. The molecule has 0 fully saturated rings. The number of hydrogen-bond acceptors (Lipinski definition) is 2. The first-order chi connectivity index (χ1) is 19.6. The third-order valence-corrected chi connectivity index (χ3v) is 8.24. The second-order valence-electron chi connectivity index (χ2n) is 13.7. The Kier molecular flexibility index (Phi) is 13.5. The smallest absolute Gasteiger partial charge is 0.0585 e. The van der Waals surface area contributed by atoms with Crippen molar-refractivity contribution in [3.8, 4) is 0 Å². The standard InChI is InChI=1S/C40H56O2/c1-29(17-13-19-31(3)21-23-37-33(5)25-35(41)27-39(37,7)8)15-11-12-16-30(2)18-14-20-32(4)22-24-38-34(6)26-36(42)28-40(38,9)10/h11-24,35-36,41-42H,25-28H2,1-10H3/b12-11+,17-13+,18-14+,23-21-,24-22-,29-15+,30-16+,31-19+,32-20+/t35-,36-/m1/s1. The Bertz CT molecular complexity index is 1190. The van der Waals surface area contributed by atoms with Gasteiger partial charge in [0.1, 0.15) is 0 Å². The van der Waals surface area contributed by atoms with Crippen molar-refractivity contribution in [2.45, 2.75) is 107 Å². The minimum absolute atomic E-state index is 0.00547. The molecule has 0 saturated heterocycles. The molecule has 0 aromatic carbocycles. The van der Waals surface area contributed by atoms with Crippen LogP contribution in [0.2, 0.25) is 0 Å². The molecule has 0 bridgehead atoms. The second-order valence-corrected chi connectivity index (χ2v) is 13.7. The Hall–Kier alpha value is -2.94. The molecule has 2 nitrogen and oxygen atoms in total. The summed E-state index contributed by atoms with van der Waals surface area (Å²) in [6.07, 6.45) is 32.6. The molecule has 2 N–H and O–H groups in total. The fourth-order valence-electron chi connectivity index (χ4n) is 6.13. The third-order valence-electron chi connectivity index (χ3n) is 8.24. The lowest BCUT2D eigenvalue weighted by Crippen LogP contribution is -2.28. The van der Waals surface area contributed by atoms with Crippen LogP contribution in [0, 0.1) is 10.8 Å². The summed E-state index contributed by atoms with van der Waals surface area (Å²) in [5.41, 5.74) is 10.1. The summed E-state index contributed by atoms with van der Waals surface area (Å²) in [6, 6.07) is 0. The molecule has 2 aliphatic carbocycles. The van der Waals surface area contributed by atoms with Crippen LogP contribution in [-0.2, 0) is 0 Å². The molecule has 42 heavy (non-hydrogen) atoms. The number of hydrogen-bond donors (Lipinski definition) is 2. The minimum atomic E-state index is -0.227. The van der Waals surface area contributed by atoms with Crippen LogP contribution in [0.15, 0.2) is 130 Å². The van der Waals surface area contributed by atoms with Crippen molar-refractivity contribution in [2.75, 3.05) is 0 Å². The molecular formula is C40H56O2. The zero-order valence-electron chi connectivity index (χ0n) is 28.0. The summed E-state index contributed by atoms with van der Waals surface area (Å²) >= 11 is 0. The zero-order chi connectivity index (χ0) is 31.5. The van der Waals surface area contributed by atoms with Gasteiger partial charge in [0.05, 0.1) is 12.2 Å². The molecule has 0 heterocycles. The maximum Gasteiger partial charge on any atom is 0.0585 e. The molecule has 0 unspecified atom stereocenters. The first-order valence-electron chi connectivity index (χ1n) is 15.5. The fraction of sp³-hybridized carbons (Fsp3) is 0.450. The van der Waals surface area contributed by atoms with Crippen LogP contribution in [0.4, 0.5) is 0 Å². The summed E-state index contributed by atoms with van der Waals surface area (Å²) in [4.78, 5) is 0. The van der Waals surface area contributed by atoms with E-state index >= 15 is 0 Å². The molecule has 0 aromatic heterocycles. The van der Waals surface area contributed by atoms with Crippen molar-refractivity contribution in [1.29, 1.82) is 0 Å². The maximum absolute atomic E-state index is 10.1. The molecule has 0 aromatic rings. The average molecular weight is 569 g/mol. The third kappa shape index (κ3) is 11.7. The summed E-state index contributed by atoms with van der Waals surface area (Å²) in [6.45, 7) is 21.6. The molecular weight excluding hydrogens is 512 g/mol. The number of rotatable bonds is 10. The van der Waals surface area contributed by atoms with Crippen LogP contribution in [0.25, 0.3) is 0 Å². The summed E-state index contributed by atoms with van der Waals surface area (Å²) in [7, 11) is 0. The van der Waals surface area contributed by atoms with Gasteiger partial charge in [0, 0.05) is 0 Å². The van der Waals surface area contributed by atoms with E-state index in [-0.39, 0.29) is 23.0 Å². The summed E-state index contributed by atoms with van der Waals surface area (Å²) in [5, 5.41) is 20.2. The Morgan fingerprint density at radius 1 is 0.548 bits per heavy atom. The van der Waals surface area contributed by atoms with Crippen LogP contribution in [0.5, 0.6) is 0 Å². The Balaban J connectivity index is 1.90. The second kappa shape index (κ2) is 16.1. The highest BCUT2D eigenvalue weighted by Crippen LogP contribution is 2.42. The molecule has 0 saturated carbocycles.